The maximum Gasteiger partial charge on any atom is 0.279 e. The summed E-state index contributed by atoms with van der Waals surface area (Å²) in [6, 6.07) is 10.5. The van der Waals surface area contributed by atoms with Crippen molar-refractivity contribution in [1.82, 2.24) is 10.9 Å². The molecule has 3 amide bonds. The Hall–Kier alpha value is -4.01. The Balaban J connectivity index is 1.89. The van der Waals surface area contributed by atoms with Gasteiger partial charge in [0.05, 0.1) is 7.11 Å². The molecule has 0 aliphatic heterocycles. The molecule has 9 heteroatoms. The molecule has 0 aromatic heterocycles. The molecule has 0 heterocycles. The Kier molecular flexibility index (Phi) is 8.64. The number of hydrazine groups is 1. The Bertz CT molecular complexity index is 1020. The smallest absolute Gasteiger partial charge is 0.279 e. The van der Waals surface area contributed by atoms with Gasteiger partial charge in [-0.1, -0.05) is 18.2 Å². The fourth-order valence-corrected chi connectivity index (χ4v) is 2.59. The van der Waals surface area contributed by atoms with Crippen LogP contribution in [0.3, 0.4) is 0 Å². The highest BCUT2D eigenvalue weighted by atomic mass is 16.5. The summed E-state index contributed by atoms with van der Waals surface area (Å²) in [6.07, 6.45) is 1.96. The van der Waals surface area contributed by atoms with E-state index < -0.39 is 23.8 Å². The minimum absolute atomic E-state index is 0.279. The van der Waals surface area contributed by atoms with Crippen molar-refractivity contribution in [3.8, 4) is 17.2 Å². The summed E-state index contributed by atoms with van der Waals surface area (Å²) >= 11 is 0. The first-order chi connectivity index (χ1) is 15.2. The van der Waals surface area contributed by atoms with E-state index in [-0.39, 0.29) is 6.61 Å². The lowest BCUT2D eigenvalue weighted by molar-refractivity contribution is -0.131. The molecule has 0 spiro atoms. The maximum absolute atomic E-state index is 12.2. The minimum Gasteiger partial charge on any atom is -0.493 e. The average Bonchev–Trinajstić information content (AvgIpc) is 2.77. The van der Waals surface area contributed by atoms with Crippen LogP contribution in [0.15, 0.2) is 42.5 Å². The fraction of sp³-hybridized carbons (Fsp3) is 0.261. The molecule has 2 aromatic carbocycles. The summed E-state index contributed by atoms with van der Waals surface area (Å²) in [5, 5.41) is 0. The van der Waals surface area contributed by atoms with Gasteiger partial charge < -0.3 is 19.9 Å². The first kappa shape index (κ1) is 24.3. The van der Waals surface area contributed by atoms with Gasteiger partial charge in [-0.25, -0.2) is 0 Å². The number of amides is 3. The summed E-state index contributed by atoms with van der Waals surface area (Å²) in [5.74, 6) is -0.312. The van der Waals surface area contributed by atoms with E-state index in [2.05, 4.69) is 10.9 Å². The Morgan fingerprint density at radius 1 is 1.06 bits per heavy atom. The van der Waals surface area contributed by atoms with Gasteiger partial charge in [-0.05, 0) is 61.7 Å². The van der Waals surface area contributed by atoms with E-state index in [4.69, 9.17) is 19.9 Å². The fourth-order valence-electron chi connectivity index (χ4n) is 2.59. The van der Waals surface area contributed by atoms with Crippen molar-refractivity contribution in [3.63, 3.8) is 0 Å². The number of rotatable bonds is 9. The van der Waals surface area contributed by atoms with Crippen LogP contribution in [0.5, 0.6) is 17.2 Å². The average molecular weight is 441 g/mol. The van der Waals surface area contributed by atoms with Gasteiger partial charge in [-0.3, -0.25) is 25.2 Å². The van der Waals surface area contributed by atoms with E-state index in [0.717, 1.165) is 11.1 Å². The zero-order valence-electron chi connectivity index (χ0n) is 18.4. The highest BCUT2D eigenvalue weighted by Gasteiger charge is 2.16. The van der Waals surface area contributed by atoms with Gasteiger partial charge in [0.2, 0.25) is 0 Å². The van der Waals surface area contributed by atoms with Gasteiger partial charge in [0.25, 0.3) is 17.7 Å². The molecular weight excluding hydrogens is 414 g/mol. The first-order valence-corrected chi connectivity index (χ1v) is 9.81. The molecule has 2 aromatic rings. The van der Waals surface area contributed by atoms with Crippen LogP contribution in [0.4, 0.5) is 0 Å². The maximum atomic E-state index is 12.2. The van der Waals surface area contributed by atoms with Crippen molar-refractivity contribution >= 4 is 23.8 Å². The van der Waals surface area contributed by atoms with E-state index in [9.17, 15) is 14.4 Å². The van der Waals surface area contributed by atoms with Gasteiger partial charge >= 0.3 is 0 Å². The van der Waals surface area contributed by atoms with Crippen LogP contribution in [0.25, 0.3) is 6.08 Å². The number of nitrogens with two attached hydrogens (primary N) is 1. The summed E-state index contributed by atoms with van der Waals surface area (Å²) in [5.41, 5.74) is 12.3. The van der Waals surface area contributed by atoms with E-state index in [1.54, 1.807) is 31.2 Å². The molecular formula is C23H27N3O6. The lowest BCUT2D eigenvalue weighted by Gasteiger charge is -2.17. The summed E-state index contributed by atoms with van der Waals surface area (Å²) in [6.45, 7) is 5.18. The van der Waals surface area contributed by atoms with Crippen molar-refractivity contribution < 1.29 is 28.6 Å². The Labute approximate surface area is 186 Å². The van der Waals surface area contributed by atoms with Crippen molar-refractivity contribution in [3.05, 3.63) is 59.2 Å². The molecule has 170 valence electrons. The van der Waals surface area contributed by atoms with E-state index >= 15 is 0 Å². The minimum atomic E-state index is -0.808. The molecule has 4 N–H and O–H groups in total. The van der Waals surface area contributed by atoms with Crippen LogP contribution in [0.1, 0.15) is 23.6 Å². The second-order valence-electron chi connectivity index (χ2n) is 6.94. The van der Waals surface area contributed by atoms with E-state index in [1.165, 1.54) is 19.3 Å². The summed E-state index contributed by atoms with van der Waals surface area (Å²) < 4.78 is 16.1. The molecule has 0 fully saturated rings. The van der Waals surface area contributed by atoms with Crippen molar-refractivity contribution in [1.29, 1.82) is 0 Å². The van der Waals surface area contributed by atoms with E-state index in [0.29, 0.717) is 22.8 Å². The number of nitrogens with one attached hydrogen (secondary N) is 2. The number of primary amides is 1. The van der Waals surface area contributed by atoms with Crippen LogP contribution in [0.2, 0.25) is 0 Å². The molecule has 0 saturated heterocycles. The normalized spacial score (nSPS) is 11.5. The number of benzene rings is 2. The monoisotopic (exact) mass is 441 g/mol. The van der Waals surface area contributed by atoms with Crippen molar-refractivity contribution in [2.24, 2.45) is 5.73 Å². The van der Waals surface area contributed by atoms with E-state index in [1.807, 2.05) is 26.0 Å². The van der Waals surface area contributed by atoms with Gasteiger partial charge in [-0.15, -0.1) is 0 Å². The summed E-state index contributed by atoms with van der Waals surface area (Å²) in [4.78, 5) is 35.1. The van der Waals surface area contributed by atoms with Crippen LogP contribution < -0.4 is 30.8 Å². The number of carbonyl (C=O) groups is 3. The predicted octanol–water partition coefficient (Wildman–Crippen LogP) is 1.80. The molecule has 0 saturated carbocycles. The summed E-state index contributed by atoms with van der Waals surface area (Å²) in [7, 11) is 1.45. The van der Waals surface area contributed by atoms with Crippen LogP contribution in [-0.2, 0) is 14.4 Å². The number of carbonyl (C=O) groups excluding carboxylic acids is 3. The number of ether oxygens (including phenoxy) is 3. The lowest BCUT2D eigenvalue weighted by Crippen LogP contribution is -2.46. The molecule has 0 bridgehead atoms. The number of aryl methyl sites for hydroxylation is 1. The Morgan fingerprint density at radius 3 is 2.50 bits per heavy atom. The van der Waals surface area contributed by atoms with Gasteiger partial charge in [0.15, 0.2) is 24.2 Å². The highest BCUT2D eigenvalue weighted by Crippen LogP contribution is 2.28. The predicted molar refractivity (Wildman–Crippen MR) is 119 cm³/mol. The number of hydrogen-bond donors (Lipinski definition) is 3. The second kappa shape index (κ2) is 11.4. The van der Waals surface area contributed by atoms with Crippen LogP contribution >= 0.6 is 0 Å². The van der Waals surface area contributed by atoms with Gasteiger partial charge in [0, 0.05) is 6.08 Å². The third-order valence-electron chi connectivity index (χ3n) is 4.52. The van der Waals surface area contributed by atoms with Crippen LogP contribution in [-0.4, -0.2) is 37.5 Å². The third kappa shape index (κ3) is 7.05. The third-order valence-corrected chi connectivity index (χ3v) is 4.52. The molecule has 0 aliphatic carbocycles. The zero-order chi connectivity index (χ0) is 23.7. The van der Waals surface area contributed by atoms with Gasteiger partial charge in [-0.2, -0.15) is 0 Å². The first-order valence-electron chi connectivity index (χ1n) is 9.81. The molecule has 1 atom stereocenters. The molecule has 32 heavy (non-hydrogen) atoms. The lowest BCUT2D eigenvalue weighted by atomic mass is 10.1. The quantitative estimate of drug-likeness (QED) is 0.402. The topological polar surface area (TPSA) is 129 Å². The molecule has 0 radical (unpaired) electrons. The van der Waals surface area contributed by atoms with Crippen molar-refractivity contribution in [2.45, 2.75) is 26.9 Å². The largest absolute Gasteiger partial charge is 0.493 e. The number of hydrogen-bond acceptors (Lipinski definition) is 6. The standard InChI is InChI=1S/C23H27N3O6/c1-14-6-5-7-18(15(14)2)32-16(3)23(29)26-25-22(28)11-9-17-8-10-19(20(12-17)30-4)31-13-21(24)27/h5-12,16H,13H2,1-4H3,(H2,24,27)(H,25,28)(H,26,29)/b11-9+. The highest BCUT2D eigenvalue weighted by molar-refractivity contribution is 5.93. The number of methoxy groups -OCH3 is 1. The SMILES string of the molecule is COc1cc(/C=C/C(=O)NNC(=O)C(C)Oc2cccc(C)c2C)ccc1OCC(N)=O. The zero-order valence-corrected chi connectivity index (χ0v) is 18.4. The Morgan fingerprint density at radius 2 is 1.81 bits per heavy atom. The molecule has 1 unspecified atom stereocenters. The van der Waals surface area contributed by atoms with Crippen LogP contribution in [0, 0.1) is 13.8 Å². The van der Waals surface area contributed by atoms with Gasteiger partial charge in [0.1, 0.15) is 5.75 Å². The molecule has 9 nitrogen and oxygen atoms in total. The molecule has 0 aliphatic rings. The second-order valence-corrected chi connectivity index (χ2v) is 6.94. The van der Waals surface area contributed by atoms with Crippen molar-refractivity contribution in [2.75, 3.05) is 13.7 Å². The molecule has 2 rings (SSSR count).